The van der Waals surface area contributed by atoms with Crippen molar-refractivity contribution in [3.63, 3.8) is 0 Å². The van der Waals surface area contributed by atoms with Crippen molar-refractivity contribution in [2.24, 2.45) is 5.92 Å². The summed E-state index contributed by atoms with van der Waals surface area (Å²) in [7, 11) is 2.16. The molecule has 4 aliphatic rings. The first-order valence-corrected chi connectivity index (χ1v) is 7.68. The number of ether oxygens (including phenoxy) is 1. The minimum absolute atomic E-state index is 0.240. The Hall–Kier alpha value is -1.39. The molecule has 1 saturated heterocycles. The Kier molecular flexibility index (Phi) is 2.13. The van der Waals surface area contributed by atoms with Gasteiger partial charge in [0.2, 0.25) is 0 Å². The van der Waals surface area contributed by atoms with Crippen LogP contribution in [0.1, 0.15) is 17.5 Å². The van der Waals surface area contributed by atoms with Crippen molar-refractivity contribution in [2.75, 3.05) is 13.6 Å². The molecule has 110 valence electrons. The third-order valence-corrected chi connectivity index (χ3v) is 6.12. The van der Waals surface area contributed by atoms with Gasteiger partial charge in [-0.15, -0.1) is 0 Å². The molecule has 5 unspecified atom stereocenters. The molecule has 2 aliphatic heterocycles. The van der Waals surface area contributed by atoms with Crippen LogP contribution in [0.3, 0.4) is 0 Å². The van der Waals surface area contributed by atoms with E-state index in [-0.39, 0.29) is 17.3 Å². The maximum absolute atomic E-state index is 14.2. The van der Waals surface area contributed by atoms with E-state index in [9.17, 15) is 9.50 Å². The molecule has 0 radical (unpaired) electrons. The predicted octanol–water partition coefficient (Wildman–Crippen LogP) is 1.63. The number of likely N-dealkylation sites (tertiary alicyclic amines) is 1. The molecule has 5 atom stereocenters. The zero-order valence-electron chi connectivity index (χ0n) is 11.9. The van der Waals surface area contributed by atoms with Gasteiger partial charge in [-0.1, -0.05) is 18.2 Å². The molecule has 2 aliphatic carbocycles. The van der Waals surface area contributed by atoms with Crippen LogP contribution in [0.15, 0.2) is 24.3 Å². The standard InChI is InChI=1S/C17H18FNO2/c1-19-7-6-17-10-3-5-13(20)16(17)21-15-11(18)4-2-9(14(15)17)8-12(10)19/h2-5,10,12-13,16,20H,6-8H2,1H3. The van der Waals surface area contributed by atoms with Crippen molar-refractivity contribution >= 4 is 0 Å². The topological polar surface area (TPSA) is 32.7 Å². The van der Waals surface area contributed by atoms with Gasteiger partial charge in [0.25, 0.3) is 0 Å². The van der Waals surface area contributed by atoms with Gasteiger partial charge in [-0.25, -0.2) is 4.39 Å². The molecule has 4 heteroatoms. The highest BCUT2D eigenvalue weighted by Crippen LogP contribution is 2.60. The molecule has 1 spiro atoms. The fraction of sp³-hybridized carbons (Fsp3) is 0.529. The number of aliphatic hydroxyl groups excluding tert-OH is 1. The van der Waals surface area contributed by atoms with Gasteiger partial charge in [0.15, 0.2) is 11.6 Å². The molecule has 2 bridgehead atoms. The molecule has 1 N–H and O–H groups in total. The molecule has 0 saturated carbocycles. The van der Waals surface area contributed by atoms with Crippen molar-refractivity contribution in [2.45, 2.75) is 36.5 Å². The molecule has 2 heterocycles. The van der Waals surface area contributed by atoms with E-state index in [4.69, 9.17) is 4.74 Å². The number of piperidine rings is 1. The second-order valence-corrected chi connectivity index (χ2v) is 6.89. The summed E-state index contributed by atoms with van der Waals surface area (Å²) >= 11 is 0. The van der Waals surface area contributed by atoms with E-state index in [0.29, 0.717) is 17.7 Å². The fourth-order valence-electron chi connectivity index (χ4n) is 5.22. The van der Waals surface area contributed by atoms with Crippen molar-refractivity contribution < 1.29 is 14.2 Å². The maximum atomic E-state index is 14.2. The Morgan fingerprint density at radius 2 is 2.24 bits per heavy atom. The van der Waals surface area contributed by atoms with Gasteiger partial charge >= 0.3 is 0 Å². The SMILES string of the molecule is CN1CCC23c4c5ccc(F)c4OC2C(O)C=CC3C1C5. The predicted molar refractivity (Wildman–Crippen MR) is 75.9 cm³/mol. The molecule has 1 aromatic carbocycles. The van der Waals surface area contributed by atoms with Crippen LogP contribution in [-0.4, -0.2) is 41.8 Å². The third kappa shape index (κ3) is 1.23. The largest absolute Gasteiger partial charge is 0.483 e. The summed E-state index contributed by atoms with van der Waals surface area (Å²) in [6.45, 7) is 0.969. The monoisotopic (exact) mass is 287 g/mol. The van der Waals surface area contributed by atoms with Gasteiger partial charge in [-0.2, -0.15) is 0 Å². The van der Waals surface area contributed by atoms with E-state index in [0.717, 1.165) is 24.9 Å². The van der Waals surface area contributed by atoms with Gasteiger partial charge in [-0.3, -0.25) is 0 Å². The lowest BCUT2D eigenvalue weighted by Gasteiger charge is -2.56. The molecule has 5 rings (SSSR count). The summed E-state index contributed by atoms with van der Waals surface area (Å²) in [5.41, 5.74) is 2.01. The number of rotatable bonds is 0. The molecule has 21 heavy (non-hydrogen) atoms. The summed E-state index contributed by atoms with van der Waals surface area (Å²) in [6, 6.07) is 3.84. The van der Waals surface area contributed by atoms with Crippen LogP contribution >= 0.6 is 0 Å². The molecular formula is C17H18FNO2. The molecule has 1 fully saturated rings. The first-order valence-electron chi connectivity index (χ1n) is 7.68. The minimum Gasteiger partial charge on any atom is -0.483 e. The van der Waals surface area contributed by atoms with Crippen molar-refractivity contribution in [1.82, 2.24) is 4.90 Å². The van der Waals surface area contributed by atoms with Crippen molar-refractivity contribution in [3.8, 4) is 5.75 Å². The van der Waals surface area contributed by atoms with E-state index in [2.05, 4.69) is 18.0 Å². The second-order valence-electron chi connectivity index (χ2n) is 6.89. The number of aliphatic hydroxyl groups is 1. The average molecular weight is 287 g/mol. The number of nitrogens with zero attached hydrogens (tertiary/aromatic N) is 1. The first kappa shape index (κ1) is 12.2. The van der Waals surface area contributed by atoms with Gasteiger partial charge < -0.3 is 14.7 Å². The van der Waals surface area contributed by atoms with Crippen LogP contribution < -0.4 is 4.74 Å². The number of likely N-dealkylation sites (N-methyl/N-ethyl adjacent to an activating group) is 1. The minimum atomic E-state index is -0.650. The van der Waals surface area contributed by atoms with Crippen LogP contribution in [-0.2, 0) is 11.8 Å². The van der Waals surface area contributed by atoms with Crippen LogP contribution in [0, 0.1) is 11.7 Å². The lowest BCUT2D eigenvalue weighted by atomic mass is 9.53. The first-order chi connectivity index (χ1) is 10.1. The summed E-state index contributed by atoms with van der Waals surface area (Å²) in [6.07, 6.45) is 4.85. The van der Waals surface area contributed by atoms with Crippen LogP contribution in [0.2, 0.25) is 0 Å². The molecular weight excluding hydrogens is 269 g/mol. The fourth-order valence-corrected chi connectivity index (χ4v) is 5.22. The number of hydrogen-bond donors (Lipinski definition) is 1. The zero-order chi connectivity index (χ0) is 14.4. The quantitative estimate of drug-likeness (QED) is 0.736. The second kappa shape index (κ2) is 3.68. The maximum Gasteiger partial charge on any atom is 0.165 e. The van der Waals surface area contributed by atoms with Crippen LogP contribution in [0.5, 0.6) is 5.75 Å². The van der Waals surface area contributed by atoms with E-state index in [1.165, 1.54) is 11.6 Å². The summed E-state index contributed by atoms with van der Waals surface area (Å²) in [5.74, 6) is 0.411. The normalized spacial score (nSPS) is 42.6. The highest BCUT2D eigenvalue weighted by Gasteiger charge is 2.64. The summed E-state index contributed by atoms with van der Waals surface area (Å²) in [4.78, 5) is 2.40. The Labute approximate surface area is 123 Å². The van der Waals surface area contributed by atoms with Gasteiger partial charge in [0, 0.05) is 22.9 Å². The van der Waals surface area contributed by atoms with Crippen molar-refractivity contribution in [1.29, 1.82) is 0 Å². The lowest BCUT2D eigenvalue weighted by molar-refractivity contribution is -0.0455. The van der Waals surface area contributed by atoms with Gasteiger partial charge in [0.1, 0.15) is 12.2 Å². The number of hydrogen-bond acceptors (Lipinski definition) is 3. The highest BCUT2D eigenvalue weighted by atomic mass is 19.1. The Morgan fingerprint density at radius 1 is 1.38 bits per heavy atom. The Balaban J connectivity index is 1.84. The molecule has 3 nitrogen and oxygen atoms in total. The zero-order valence-corrected chi connectivity index (χ0v) is 11.9. The molecule has 1 aromatic rings. The Morgan fingerprint density at radius 3 is 3.10 bits per heavy atom. The smallest absolute Gasteiger partial charge is 0.165 e. The molecule has 0 amide bonds. The number of benzene rings is 1. The van der Waals surface area contributed by atoms with Gasteiger partial charge in [-0.05, 0) is 38.1 Å². The lowest BCUT2D eigenvalue weighted by Crippen LogP contribution is -2.64. The molecule has 0 aromatic heterocycles. The van der Waals surface area contributed by atoms with Crippen LogP contribution in [0.25, 0.3) is 0 Å². The summed E-state index contributed by atoms with van der Waals surface area (Å²) < 4.78 is 20.2. The highest BCUT2D eigenvalue weighted by molar-refractivity contribution is 5.57. The van der Waals surface area contributed by atoms with Gasteiger partial charge in [0.05, 0.1) is 0 Å². The third-order valence-electron chi connectivity index (χ3n) is 6.12. The van der Waals surface area contributed by atoms with Crippen molar-refractivity contribution in [3.05, 3.63) is 41.2 Å². The number of halogens is 1. The Bertz CT molecular complexity index is 673. The van der Waals surface area contributed by atoms with E-state index >= 15 is 0 Å². The van der Waals surface area contributed by atoms with E-state index in [1.807, 2.05) is 12.1 Å². The van der Waals surface area contributed by atoms with E-state index < -0.39 is 6.10 Å². The van der Waals surface area contributed by atoms with E-state index in [1.54, 1.807) is 0 Å². The van der Waals surface area contributed by atoms with Crippen LogP contribution in [0.4, 0.5) is 4.39 Å². The summed E-state index contributed by atoms with van der Waals surface area (Å²) in [5, 5.41) is 10.4. The average Bonchev–Trinajstić information content (AvgIpc) is 2.83.